The van der Waals surface area contributed by atoms with Gasteiger partial charge in [0.15, 0.2) is 0 Å². The summed E-state index contributed by atoms with van der Waals surface area (Å²) < 4.78 is 11.0. The minimum atomic E-state index is -1.02. The zero-order valence-corrected chi connectivity index (χ0v) is 16.7. The molecule has 1 aliphatic heterocycles. The van der Waals surface area contributed by atoms with Gasteiger partial charge < -0.3 is 14.6 Å². The first-order chi connectivity index (χ1) is 13.9. The summed E-state index contributed by atoms with van der Waals surface area (Å²) in [5.74, 6) is -0.198. The van der Waals surface area contributed by atoms with Crippen LogP contribution in [0.15, 0.2) is 47.6 Å². The lowest BCUT2D eigenvalue weighted by Crippen LogP contribution is -2.28. The quantitative estimate of drug-likeness (QED) is 0.773. The fourth-order valence-electron chi connectivity index (χ4n) is 3.42. The number of carboxylic acid groups (broad SMARTS) is 1. The summed E-state index contributed by atoms with van der Waals surface area (Å²) in [5, 5.41) is 14.9. The molecule has 0 bridgehead atoms. The Kier molecular flexibility index (Phi) is 6.16. The van der Waals surface area contributed by atoms with E-state index in [1.54, 1.807) is 14.2 Å². The van der Waals surface area contributed by atoms with Gasteiger partial charge in [0.2, 0.25) is 5.91 Å². The molecular formula is C22H24N2O5. The Labute approximate surface area is 169 Å². The van der Waals surface area contributed by atoms with Gasteiger partial charge in [-0.15, -0.1) is 0 Å². The van der Waals surface area contributed by atoms with Gasteiger partial charge in [-0.05, 0) is 24.6 Å². The third-order valence-corrected chi connectivity index (χ3v) is 4.90. The molecule has 7 heteroatoms. The highest BCUT2D eigenvalue weighted by Gasteiger charge is 2.36. The second-order valence-corrected chi connectivity index (χ2v) is 6.84. The number of carbonyl (C=O) groups is 2. The van der Waals surface area contributed by atoms with E-state index in [2.05, 4.69) is 5.10 Å². The van der Waals surface area contributed by atoms with E-state index in [1.165, 1.54) is 5.01 Å². The monoisotopic (exact) mass is 396 g/mol. The molecule has 0 saturated heterocycles. The summed E-state index contributed by atoms with van der Waals surface area (Å²) in [6.07, 6.45) is 0.0904. The summed E-state index contributed by atoms with van der Waals surface area (Å²) in [7, 11) is 3.12. The topological polar surface area (TPSA) is 88.4 Å². The Balaban J connectivity index is 2.02. The molecule has 0 aromatic heterocycles. The van der Waals surface area contributed by atoms with Crippen molar-refractivity contribution in [2.75, 3.05) is 14.2 Å². The van der Waals surface area contributed by atoms with Crippen molar-refractivity contribution >= 4 is 17.6 Å². The predicted molar refractivity (Wildman–Crippen MR) is 108 cm³/mol. The highest BCUT2D eigenvalue weighted by atomic mass is 16.5. The summed E-state index contributed by atoms with van der Waals surface area (Å²) in [5.41, 5.74) is 3.52. The molecule has 2 aromatic rings. The van der Waals surface area contributed by atoms with Crippen LogP contribution in [-0.4, -0.2) is 41.9 Å². The lowest BCUT2D eigenvalue weighted by molar-refractivity contribution is -0.141. The molecular weight excluding hydrogens is 372 g/mol. The second kappa shape index (κ2) is 8.77. The first-order valence-electron chi connectivity index (χ1n) is 9.33. The number of aliphatic carboxylic acids is 1. The number of carboxylic acids is 1. The van der Waals surface area contributed by atoms with Crippen LogP contribution >= 0.6 is 0 Å². The Morgan fingerprint density at radius 3 is 2.24 bits per heavy atom. The maximum absolute atomic E-state index is 12.8. The standard InChI is InChI=1S/C22H24N2O5/c1-14-7-9-15(10-8-14)16-13-17(24(23-16)20(25)11-12-21(26)27)22-18(28-2)5-4-6-19(22)29-3/h4-10,17H,11-13H2,1-3H3,(H,26,27)/t17-/m1/s1. The maximum atomic E-state index is 12.8. The van der Waals surface area contributed by atoms with E-state index in [9.17, 15) is 9.59 Å². The normalized spacial score (nSPS) is 15.8. The van der Waals surface area contributed by atoms with Crippen LogP contribution in [-0.2, 0) is 9.59 Å². The number of carbonyl (C=O) groups excluding carboxylic acids is 1. The molecule has 1 amide bonds. The summed E-state index contributed by atoms with van der Waals surface area (Å²) in [6, 6.07) is 12.9. The summed E-state index contributed by atoms with van der Waals surface area (Å²) in [4.78, 5) is 23.8. The number of amides is 1. The number of benzene rings is 2. The SMILES string of the molecule is COc1cccc(OC)c1[C@H]1CC(c2ccc(C)cc2)=NN1C(=O)CCC(=O)O. The highest BCUT2D eigenvalue weighted by molar-refractivity contribution is 6.03. The van der Waals surface area contributed by atoms with Crippen molar-refractivity contribution in [1.82, 2.24) is 5.01 Å². The molecule has 1 N–H and O–H groups in total. The van der Waals surface area contributed by atoms with E-state index < -0.39 is 12.0 Å². The second-order valence-electron chi connectivity index (χ2n) is 6.84. The molecule has 0 unspecified atom stereocenters. The Bertz CT molecular complexity index is 914. The number of hydrazone groups is 1. The molecule has 7 nitrogen and oxygen atoms in total. The lowest BCUT2D eigenvalue weighted by atomic mass is 9.96. The van der Waals surface area contributed by atoms with E-state index in [0.717, 1.165) is 16.8 Å². The molecule has 0 spiro atoms. The van der Waals surface area contributed by atoms with Gasteiger partial charge in [0.1, 0.15) is 11.5 Å². The fourth-order valence-corrected chi connectivity index (χ4v) is 3.42. The van der Waals surface area contributed by atoms with E-state index in [0.29, 0.717) is 23.5 Å². The zero-order valence-electron chi connectivity index (χ0n) is 16.7. The largest absolute Gasteiger partial charge is 0.496 e. The molecule has 2 aromatic carbocycles. The number of nitrogens with zero attached hydrogens (tertiary/aromatic N) is 2. The van der Waals surface area contributed by atoms with E-state index in [4.69, 9.17) is 14.6 Å². The van der Waals surface area contributed by atoms with Gasteiger partial charge in [-0.25, -0.2) is 5.01 Å². The average molecular weight is 396 g/mol. The van der Waals surface area contributed by atoms with Crippen LogP contribution < -0.4 is 9.47 Å². The fraction of sp³-hybridized carbons (Fsp3) is 0.318. The molecule has 1 aliphatic rings. The number of ether oxygens (including phenoxy) is 2. The van der Waals surface area contributed by atoms with Crippen molar-refractivity contribution in [2.24, 2.45) is 5.10 Å². The van der Waals surface area contributed by atoms with Crippen LogP contribution in [0.25, 0.3) is 0 Å². The van der Waals surface area contributed by atoms with Crippen molar-refractivity contribution in [3.8, 4) is 11.5 Å². The number of aryl methyl sites for hydroxylation is 1. The molecule has 0 fully saturated rings. The van der Waals surface area contributed by atoms with Gasteiger partial charge >= 0.3 is 5.97 Å². The maximum Gasteiger partial charge on any atom is 0.303 e. The Hall–Kier alpha value is -3.35. The van der Waals surface area contributed by atoms with Crippen LogP contribution in [0.1, 0.15) is 42.0 Å². The average Bonchev–Trinajstić information content (AvgIpc) is 3.16. The zero-order chi connectivity index (χ0) is 21.0. The van der Waals surface area contributed by atoms with Gasteiger partial charge in [-0.1, -0.05) is 35.9 Å². The third-order valence-electron chi connectivity index (χ3n) is 4.90. The predicted octanol–water partition coefficient (Wildman–Crippen LogP) is 3.55. The molecule has 29 heavy (non-hydrogen) atoms. The summed E-state index contributed by atoms with van der Waals surface area (Å²) >= 11 is 0. The molecule has 1 atom stereocenters. The van der Waals surface area contributed by atoms with Gasteiger partial charge in [-0.3, -0.25) is 9.59 Å². The van der Waals surface area contributed by atoms with Crippen molar-refractivity contribution in [3.05, 3.63) is 59.2 Å². The van der Waals surface area contributed by atoms with Crippen molar-refractivity contribution in [3.63, 3.8) is 0 Å². The first-order valence-corrected chi connectivity index (χ1v) is 9.33. The number of rotatable bonds is 7. The number of hydrogen-bond donors (Lipinski definition) is 1. The summed E-state index contributed by atoms with van der Waals surface area (Å²) in [6.45, 7) is 2.00. The molecule has 0 saturated carbocycles. The van der Waals surface area contributed by atoms with Gasteiger partial charge in [0.05, 0.1) is 38.0 Å². The molecule has 152 valence electrons. The smallest absolute Gasteiger partial charge is 0.303 e. The highest BCUT2D eigenvalue weighted by Crippen LogP contribution is 2.42. The molecule has 0 radical (unpaired) electrons. The van der Waals surface area contributed by atoms with Gasteiger partial charge in [-0.2, -0.15) is 5.10 Å². The third kappa shape index (κ3) is 4.39. The van der Waals surface area contributed by atoms with Crippen molar-refractivity contribution < 1.29 is 24.2 Å². The van der Waals surface area contributed by atoms with Crippen LogP contribution in [0.2, 0.25) is 0 Å². The van der Waals surface area contributed by atoms with Crippen LogP contribution in [0, 0.1) is 6.92 Å². The number of hydrogen-bond acceptors (Lipinski definition) is 5. The minimum absolute atomic E-state index is 0.131. The Morgan fingerprint density at radius 2 is 1.69 bits per heavy atom. The Morgan fingerprint density at radius 1 is 1.07 bits per heavy atom. The van der Waals surface area contributed by atoms with Crippen LogP contribution in [0.3, 0.4) is 0 Å². The van der Waals surface area contributed by atoms with Crippen molar-refractivity contribution in [2.45, 2.75) is 32.2 Å². The van der Waals surface area contributed by atoms with E-state index >= 15 is 0 Å². The molecule has 0 aliphatic carbocycles. The molecule has 1 heterocycles. The number of methoxy groups -OCH3 is 2. The minimum Gasteiger partial charge on any atom is -0.496 e. The van der Waals surface area contributed by atoms with E-state index in [1.807, 2.05) is 49.4 Å². The van der Waals surface area contributed by atoms with Gasteiger partial charge in [0.25, 0.3) is 0 Å². The van der Waals surface area contributed by atoms with Crippen molar-refractivity contribution in [1.29, 1.82) is 0 Å². The van der Waals surface area contributed by atoms with Crippen LogP contribution in [0.4, 0.5) is 0 Å². The van der Waals surface area contributed by atoms with Crippen LogP contribution in [0.5, 0.6) is 11.5 Å². The van der Waals surface area contributed by atoms with E-state index in [-0.39, 0.29) is 18.7 Å². The first kappa shape index (κ1) is 20.4. The molecule has 3 rings (SSSR count). The van der Waals surface area contributed by atoms with Gasteiger partial charge in [0, 0.05) is 12.8 Å². The lowest BCUT2D eigenvalue weighted by Gasteiger charge is -2.25.